The molecule has 0 aliphatic carbocycles. The van der Waals surface area contributed by atoms with Gasteiger partial charge in [0.05, 0.1) is 22.5 Å². The second-order valence-electron chi connectivity index (χ2n) is 5.33. The molecule has 0 bridgehead atoms. The number of rotatable bonds is 4. The molecule has 1 N–H and O–H groups in total. The van der Waals surface area contributed by atoms with Crippen molar-refractivity contribution >= 4 is 11.6 Å². The summed E-state index contributed by atoms with van der Waals surface area (Å²) in [5, 5.41) is 7.07. The fraction of sp³-hybridized carbons (Fsp3) is 0.400. The van der Waals surface area contributed by atoms with Crippen LogP contribution in [-0.4, -0.2) is 23.0 Å². The van der Waals surface area contributed by atoms with Gasteiger partial charge < -0.3 is 14.8 Å². The molecule has 0 atom stereocenters. The molecule has 2 heterocycles. The lowest BCUT2D eigenvalue weighted by molar-refractivity contribution is -0.138. The molecule has 1 aromatic carbocycles. The van der Waals surface area contributed by atoms with E-state index in [1.807, 2.05) is 0 Å². The van der Waals surface area contributed by atoms with Crippen LogP contribution in [0.4, 0.5) is 13.2 Å². The molecule has 0 saturated heterocycles. The van der Waals surface area contributed by atoms with Crippen molar-refractivity contribution in [1.82, 2.24) is 15.1 Å². The number of fused-ring (bicyclic) bond motifs is 1. The third kappa shape index (κ3) is 3.44. The quantitative estimate of drug-likeness (QED) is 0.909. The second kappa shape index (κ2) is 6.52. The van der Waals surface area contributed by atoms with Crippen LogP contribution < -0.4 is 14.8 Å². The van der Waals surface area contributed by atoms with Gasteiger partial charge in [-0.15, -0.1) is 0 Å². The molecule has 24 heavy (non-hydrogen) atoms. The molecule has 1 aromatic heterocycles. The number of halogens is 4. The number of hydrogen-bond donors (Lipinski definition) is 1. The number of hydrogen-bond acceptors (Lipinski definition) is 4. The van der Waals surface area contributed by atoms with Gasteiger partial charge in [-0.25, -0.2) is 0 Å². The van der Waals surface area contributed by atoms with Crippen molar-refractivity contribution in [1.29, 1.82) is 0 Å². The Morgan fingerprint density at radius 3 is 2.75 bits per heavy atom. The molecule has 0 spiro atoms. The monoisotopic (exact) mass is 361 g/mol. The van der Waals surface area contributed by atoms with Gasteiger partial charge >= 0.3 is 6.18 Å². The number of nitrogens with zero attached hydrogens (tertiary/aromatic N) is 2. The molecule has 130 valence electrons. The van der Waals surface area contributed by atoms with Crippen molar-refractivity contribution in [2.75, 3.05) is 13.2 Å². The molecule has 9 heteroatoms. The fourth-order valence-electron chi connectivity index (χ4n) is 2.50. The first-order chi connectivity index (χ1) is 11.4. The molecule has 0 radical (unpaired) electrons. The van der Waals surface area contributed by atoms with Crippen LogP contribution in [0.3, 0.4) is 0 Å². The highest BCUT2D eigenvalue weighted by Crippen LogP contribution is 2.38. The first-order valence-corrected chi connectivity index (χ1v) is 7.61. The molecule has 1 aliphatic heterocycles. The predicted octanol–water partition coefficient (Wildman–Crippen LogP) is 3.15. The molecule has 2 aromatic rings. The fourth-order valence-corrected chi connectivity index (χ4v) is 2.79. The Balaban J connectivity index is 1.70. The van der Waals surface area contributed by atoms with Crippen molar-refractivity contribution in [2.45, 2.75) is 19.3 Å². The first-order valence-electron chi connectivity index (χ1n) is 7.23. The van der Waals surface area contributed by atoms with Crippen molar-refractivity contribution in [2.24, 2.45) is 7.05 Å². The van der Waals surface area contributed by atoms with Gasteiger partial charge in [-0.1, -0.05) is 11.6 Å². The van der Waals surface area contributed by atoms with E-state index in [0.29, 0.717) is 36.3 Å². The highest BCUT2D eigenvalue weighted by molar-refractivity contribution is 6.32. The zero-order valence-corrected chi connectivity index (χ0v) is 13.5. The number of alkyl halides is 3. The Labute approximate surface area is 141 Å². The highest BCUT2D eigenvalue weighted by atomic mass is 35.5. The maximum atomic E-state index is 12.9. The lowest BCUT2D eigenvalue weighted by Gasteiger charge is -2.20. The summed E-state index contributed by atoms with van der Waals surface area (Å²) in [6.45, 7) is 1.23. The second-order valence-corrected chi connectivity index (χ2v) is 5.74. The van der Waals surface area contributed by atoms with Crippen molar-refractivity contribution in [3.8, 4) is 11.5 Å². The summed E-state index contributed by atoms with van der Waals surface area (Å²) in [5.41, 5.74) is 0.129. The molecule has 5 nitrogen and oxygen atoms in total. The molecule has 0 fully saturated rings. The molecule has 0 saturated carbocycles. The molecule has 0 unspecified atom stereocenters. The van der Waals surface area contributed by atoms with Crippen molar-refractivity contribution in [3.63, 3.8) is 0 Å². The summed E-state index contributed by atoms with van der Waals surface area (Å²) in [7, 11) is 1.48. The minimum absolute atomic E-state index is 0.0252. The van der Waals surface area contributed by atoms with Crippen molar-refractivity contribution in [3.05, 3.63) is 40.2 Å². The Morgan fingerprint density at radius 1 is 1.25 bits per heavy atom. The van der Waals surface area contributed by atoms with E-state index in [1.165, 1.54) is 11.7 Å². The van der Waals surface area contributed by atoms with Gasteiger partial charge in [0.2, 0.25) is 0 Å². The minimum atomic E-state index is -4.43. The number of aromatic nitrogens is 2. The molecule has 3 rings (SSSR count). The highest BCUT2D eigenvalue weighted by Gasteiger charge is 2.35. The predicted molar refractivity (Wildman–Crippen MR) is 81.2 cm³/mol. The molecule has 0 amide bonds. The minimum Gasteiger partial charge on any atom is -0.486 e. The number of benzene rings is 1. The summed E-state index contributed by atoms with van der Waals surface area (Å²) >= 11 is 6.14. The zero-order chi connectivity index (χ0) is 17.3. The Bertz CT molecular complexity index is 746. The van der Waals surface area contributed by atoms with E-state index in [2.05, 4.69) is 10.4 Å². The number of ether oxygens (including phenoxy) is 2. The van der Waals surface area contributed by atoms with Gasteiger partial charge in [0.25, 0.3) is 0 Å². The molecular formula is C15H15ClF3N3O2. The van der Waals surface area contributed by atoms with Crippen LogP contribution in [0.5, 0.6) is 11.5 Å². The summed E-state index contributed by atoms with van der Waals surface area (Å²) in [6.07, 6.45) is -3.59. The maximum absolute atomic E-state index is 12.9. The third-order valence-electron chi connectivity index (χ3n) is 3.65. The summed E-state index contributed by atoms with van der Waals surface area (Å²) in [4.78, 5) is 0. The summed E-state index contributed by atoms with van der Waals surface area (Å²) in [5.74, 6) is 1.04. The van der Waals surface area contributed by atoms with Gasteiger partial charge in [0, 0.05) is 20.1 Å². The lowest BCUT2D eigenvalue weighted by atomic mass is 10.2. The Morgan fingerprint density at radius 2 is 2.00 bits per heavy atom. The van der Waals surface area contributed by atoms with Gasteiger partial charge in [0.15, 0.2) is 11.5 Å². The average molecular weight is 362 g/mol. The summed E-state index contributed by atoms with van der Waals surface area (Å²) < 4.78 is 50.9. The zero-order valence-electron chi connectivity index (χ0n) is 12.8. The van der Waals surface area contributed by atoms with Crippen LogP contribution in [0.15, 0.2) is 18.3 Å². The van der Waals surface area contributed by atoms with Gasteiger partial charge in [-0.05, 0) is 17.7 Å². The van der Waals surface area contributed by atoms with Crippen molar-refractivity contribution < 1.29 is 22.6 Å². The summed E-state index contributed by atoms with van der Waals surface area (Å²) in [6, 6.07) is 3.47. The van der Waals surface area contributed by atoms with Crippen LogP contribution >= 0.6 is 11.6 Å². The maximum Gasteiger partial charge on any atom is 0.419 e. The number of aryl methyl sites for hydroxylation is 1. The normalized spacial score (nSPS) is 14.0. The van der Waals surface area contributed by atoms with E-state index in [0.717, 1.165) is 11.8 Å². The van der Waals surface area contributed by atoms with E-state index in [9.17, 15) is 13.2 Å². The Hall–Kier alpha value is -1.93. The van der Waals surface area contributed by atoms with Gasteiger partial charge in [-0.2, -0.15) is 18.3 Å². The van der Waals surface area contributed by atoms with E-state index < -0.39 is 11.7 Å². The SMILES string of the molecule is Cn1ncc(C(F)(F)F)c1CNCc1cc(Cl)c2c(c1)OCCO2. The first kappa shape index (κ1) is 16.9. The number of nitrogens with one attached hydrogen (secondary N) is 1. The van der Waals surface area contributed by atoms with E-state index >= 15 is 0 Å². The van der Waals surface area contributed by atoms with E-state index in [4.69, 9.17) is 21.1 Å². The van der Waals surface area contributed by atoms with E-state index in [1.54, 1.807) is 12.1 Å². The van der Waals surface area contributed by atoms with Crippen LogP contribution in [-0.2, 0) is 26.3 Å². The topological polar surface area (TPSA) is 48.3 Å². The standard InChI is InChI=1S/C15H15ClF3N3O2/c1-22-12(10(7-21-22)15(17,18)19)8-20-6-9-4-11(16)14-13(5-9)23-2-3-24-14/h4-5,7,20H,2-3,6,8H2,1H3. The third-order valence-corrected chi connectivity index (χ3v) is 3.93. The Kier molecular flexibility index (Phi) is 4.60. The smallest absolute Gasteiger partial charge is 0.419 e. The van der Waals surface area contributed by atoms with Crippen LogP contribution in [0, 0.1) is 0 Å². The largest absolute Gasteiger partial charge is 0.486 e. The molecular weight excluding hydrogens is 347 g/mol. The van der Waals surface area contributed by atoms with Gasteiger partial charge in [-0.3, -0.25) is 4.68 Å². The lowest BCUT2D eigenvalue weighted by Crippen LogP contribution is -2.20. The molecule has 1 aliphatic rings. The average Bonchev–Trinajstić information content (AvgIpc) is 2.89. The van der Waals surface area contributed by atoms with Crippen LogP contribution in [0.25, 0.3) is 0 Å². The van der Waals surface area contributed by atoms with Crippen LogP contribution in [0.1, 0.15) is 16.8 Å². The van der Waals surface area contributed by atoms with Crippen LogP contribution in [0.2, 0.25) is 5.02 Å². The van der Waals surface area contributed by atoms with E-state index in [-0.39, 0.29) is 12.2 Å². The van der Waals surface area contributed by atoms with Gasteiger partial charge in [0.1, 0.15) is 13.2 Å².